The Hall–Kier alpha value is -0.750. The van der Waals surface area contributed by atoms with Crippen LogP contribution in [0.3, 0.4) is 0 Å². The van der Waals surface area contributed by atoms with Crippen LogP contribution in [0.1, 0.15) is 5.56 Å². The molecule has 0 saturated heterocycles. The van der Waals surface area contributed by atoms with Crippen LogP contribution in [0.5, 0.6) is 0 Å². The number of rotatable bonds is 4. The zero-order chi connectivity index (χ0) is 13.1. The molecule has 0 fully saturated rings. The summed E-state index contributed by atoms with van der Waals surface area (Å²) in [4.78, 5) is 1.16. The Balaban J connectivity index is 2.84. The van der Waals surface area contributed by atoms with Crippen LogP contribution in [0.2, 0.25) is 0 Å². The Bertz CT molecular complexity index is 379. The highest BCUT2D eigenvalue weighted by atomic mass is 79.9. The summed E-state index contributed by atoms with van der Waals surface area (Å²) in [5.41, 5.74) is 6.94. The molecule has 0 heterocycles. The fourth-order valence-electron chi connectivity index (χ4n) is 1.54. The molecule has 0 aliphatic carbocycles. The normalized spacial score (nSPS) is 11.6. The molecule has 17 heavy (non-hydrogen) atoms. The minimum Gasteiger partial charge on any atom is -0.365 e. The van der Waals surface area contributed by atoms with Gasteiger partial charge in [0.2, 0.25) is 0 Å². The molecule has 1 rings (SSSR count). The standard InChI is InChI=1S/C11H14BrF3N2/c1-17(7-11(13,14)15)10-3-2-8(4-5-16)6-9(10)12/h2-3,6H,4-5,7,16H2,1H3. The maximum absolute atomic E-state index is 12.2. The highest BCUT2D eigenvalue weighted by Gasteiger charge is 2.29. The average molecular weight is 311 g/mol. The van der Waals surface area contributed by atoms with Crippen molar-refractivity contribution in [3.63, 3.8) is 0 Å². The molecule has 0 saturated carbocycles. The van der Waals surface area contributed by atoms with Crippen LogP contribution in [0, 0.1) is 0 Å². The van der Waals surface area contributed by atoms with Crippen LogP contribution in [-0.4, -0.2) is 26.3 Å². The number of halogens is 4. The summed E-state index contributed by atoms with van der Waals surface area (Å²) >= 11 is 3.28. The quantitative estimate of drug-likeness (QED) is 0.926. The van der Waals surface area contributed by atoms with Gasteiger partial charge in [0.1, 0.15) is 6.54 Å². The highest BCUT2D eigenvalue weighted by molar-refractivity contribution is 9.10. The molecule has 0 aliphatic heterocycles. The first kappa shape index (κ1) is 14.3. The van der Waals surface area contributed by atoms with E-state index in [0.717, 1.165) is 10.5 Å². The Labute approximate surface area is 107 Å². The van der Waals surface area contributed by atoms with Crippen molar-refractivity contribution >= 4 is 21.6 Å². The van der Waals surface area contributed by atoms with E-state index in [1.807, 2.05) is 0 Å². The zero-order valence-electron chi connectivity index (χ0n) is 9.39. The molecule has 0 aromatic heterocycles. The lowest BCUT2D eigenvalue weighted by atomic mass is 10.1. The van der Waals surface area contributed by atoms with E-state index < -0.39 is 12.7 Å². The van der Waals surface area contributed by atoms with Gasteiger partial charge >= 0.3 is 6.18 Å². The van der Waals surface area contributed by atoms with Crippen molar-refractivity contribution in [2.45, 2.75) is 12.6 Å². The molecule has 0 radical (unpaired) electrons. The Kier molecular flexibility index (Phi) is 4.82. The van der Waals surface area contributed by atoms with E-state index in [0.29, 0.717) is 23.1 Å². The van der Waals surface area contributed by atoms with E-state index in [1.165, 1.54) is 7.05 Å². The minimum absolute atomic E-state index is 0.517. The maximum Gasteiger partial charge on any atom is 0.405 e. The van der Waals surface area contributed by atoms with Crippen LogP contribution < -0.4 is 10.6 Å². The van der Waals surface area contributed by atoms with Crippen LogP contribution in [0.4, 0.5) is 18.9 Å². The molecular formula is C11H14BrF3N2. The first-order chi connectivity index (χ1) is 7.83. The van der Waals surface area contributed by atoms with Gasteiger partial charge in [-0.05, 0) is 46.6 Å². The third-order valence-electron chi connectivity index (χ3n) is 2.27. The summed E-state index contributed by atoms with van der Waals surface area (Å²) in [7, 11) is 1.41. The summed E-state index contributed by atoms with van der Waals surface area (Å²) in [6.07, 6.45) is -3.49. The van der Waals surface area contributed by atoms with Crippen molar-refractivity contribution in [3.05, 3.63) is 28.2 Å². The van der Waals surface area contributed by atoms with Crippen molar-refractivity contribution in [1.82, 2.24) is 0 Å². The van der Waals surface area contributed by atoms with E-state index in [2.05, 4.69) is 15.9 Å². The maximum atomic E-state index is 12.2. The second-order valence-corrected chi connectivity index (χ2v) is 4.65. The monoisotopic (exact) mass is 310 g/mol. The molecule has 0 spiro atoms. The molecule has 0 atom stereocenters. The van der Waals surface area contributed by atoms with E-state index >= 15 is 0 Å². The molecule has 2 nitrogen and oxygen atoms in total. The first-order valence-electron chi connectivity index (χ1n) is 5.10. The van der Waals surface area contributed by atoms with Crippen LogP contribution in [0.25, 0.3) is 0 Å². The predicted octanol–water partition coefficient (Wildman–Crippen LogP) is 2.95. The Morgan fingerprint density at radius 3 is 2.47 bits per heavy atom. The van der Waals surface area contributed by atoms with Crippen molar-refractivity contribution in [1.29, 1.82) is 0 Å². The van der Waals surface area contributed by atoms with Gasteiger partial charge in [-0.3, -0.25) is 0 Å². The second kappa shape index (κ2) is 5.73. The van der Waals surface area contributed by atoms with Gasteiger partial charge in [0.25, 0.3) is 0 Å². The van der Waals surface area contributed by atoms with Crippen molar-refractivity contribution in [2.75, 3.05) is 25.0 Å². The number of benzene rings is 1. The van der Waals surface area contributed by atoms with Crippen LogP contribution in [0.15, 0.2) is 22.7 Å². The van der Waals surface area contributed by atoms with Gasteiger partial charge in [0.05, 0.1) is 5.69 Å². The zero-order valence-corrected chi connectivity index (χ0v) is 11.0. The molecule has 96 valence electrons. The molecule has 1 aromatic carbocycles. The third-order valence-corrected chi connectivity index (χ3v) is 2.91. The van der Waals surface area contributed by atoms with Gasteiger partial charge in [0.15, 0.2) is 0 Å². The summed E-state index contributed by atoms with van der Waals surface area (Å²) in [5, 5.41) is 0. The van der Waals surface area contributed by atoms with Gasteiger partial charge in [-0.15, -0.1) is 0 Å². The minimum atomic E-state index is -4.20. The molecular weight excluding hydrogens is 297 g/mol. The van der Waals surface area contributed by atoms with Gasteiger partial charge in [-0.25, -0.2) is 0 Å². The molecule has 1 aromatic rings. The number of anilines is 1. The predicted molar refractivity (Wildman–Crippen MR) is 66.2 cm³/mol. The fraction of sp³-hybridized carbons (Fsp3) is 0.455. The molecule has 0 aliphatic rings. The van der Waals surface area contributed by atoms with Crippen molar-refractivity contribution in [3.8, 4) is 0 Å². The lowest BCUT2D eigenvalue weighted by Crippen LogP contribution is -2.31. The SMILES string of the molecule is CN(CC(F)(F)F)c1ccc(CCN)cc1Br. The van der Waals surface area contributed by atoms with E-state index in [9.17, 15) is 13.2 Å². The lowest BCUT2D eigenvalue weighted by Gasteiger charge is -2.22. The number of alkyl halides is 3. The molecule has 6 heteroatoms. The molecule has 0 amide bonds. The molecule has 0 unspecified atom stereocenters. The topological polar surface area (TPSA) is 29.3 Å². The van der Waals surface area contributed by atoms with Crippen LogP contribution >= 0.6 is 15.9 Å². The van der Waals surface area contributed by atoms with Crippen molar-refractivity contribution in [2.24, 2.45) is 5.73 Å². The fourth-order valence-corrected chi connectivity index (χ4v) is 2.27. The summed E-state index contributed by atoms with van der Waals surface area (Å²) in [6.45, 7) is -0.452. The van der Waals surface area contributed by atoms with Gasteiger partial charge in [-0.1, -0.05) is 6.07 Å². The van der Waals surface area contributed by atoms with Gasteiger partial charge in [-0.2, -0.15) is 13.2 Å². The Morgan fingerprint density at radius 1 is 1.35 bits per heavy atom. The second-order valence-electron chi connectivity index (χ2n) is 3.80. The molecule has 0 bridgehead atoms. The highest BCUT2D eigenvalue weighted by Crippen LogP contribution is 2.29. The average Bonchev–Trinajstić information content (AvgIpc) is 2.15. The molecule has 2 N–H and O–H groups in total. The summed E-state index contributed by atoms with van der Waals surface area (Å²) < 4.78 is 37.4. The smallest absolute Gasteiger partial charge is 0.365 e. The first-order valence-corrected chi connectivity index (χ1v) is 5.89. The number of hydrogen-bond acceptors (Lipinski definition) is 2. The largest absolute Gasteiger partial charge is 0.405 e. The van der Waals surface area contributed by atoms with E-state index in [1.54, 1.807) is 18.2 Å². The van der Waals surface area contributed by atoms with Crippen molar-refractivity contribution < 1.29 is 13.2 Å². The third kappa shape index (κ3) is 4.55. The Morgan fingerprint density at radius 2 is 2.00 bits per heavy atom. The van der Waals surface area contributed by atoms with Gasteiger partial charge < -0.3 is 10.6 Å². The number of nitrogens with two attached hydrogens (primary N) is 1. The van der Waals surface area contributed by atoms with Gasteiger partial charge in [0, 0.05) is 11.5 Å². The van der Waals surface area contributed by atoms with E-state index in [4.69, 9.17) is 5.73 Å². The number of nitrogens with zero attached hydrogens (tertiary/aromatic N) is 1. The van der Waals surface area contributed by atoms with Crippen LogP contribution in [-0.2, 0) is 6.42 Å². The summed E-state index contributed by atoms with van der Waals surface area (Å²) in [6, 6.07) is 5.26. The lowest BCUT2D eigenvalue weighted by molar-refractivity contribution is -0.119. The van der Waals surface area contributed by atoms with E-state index in [-0.39, 0.29) is 0 Å². The number of hydrogen-bond donors (Lipinski definition) is 1. The summed E-state index contributed by atoms with van der Waals surface area (Å²) in [5.74, 6) is 0.